The highest BCUT2D eigenvalue weighted by atomic mass is 79.9. The summed E-state index contributed by atoms with van der Waals surface area (Å²) in [5.74, 6) is 0. The fraction of sp³-hybridized carbons (Fsp3) is 0.455. The molecular formula is C11H14BrN. The molecule has 0 saturated heterocycles. The number of aryl methyl sites for hydroxylation is 2. The highest BCUT2D eigenvalue weighted by molar-refractivity contribution is 9.10. The average molecular weight is 240 g/mol. The minimum atomic E-state index is 0.618. The second-order valence-electron chi connectivity index (χ2n) is 3.84. The molecule has 1 aliphatic rings. The molecule has 1 aromatic carbocycles. The third-order valence-electron chi connectivity index (χ3n) is 2.62. The molecule has 2 rings (SSSR count). The molecule has 2 heteroatoms. The molecule has 0 aromatic heterocycles. The van der Waals surface area contributed by atoms with Crippen LogP contribution >= 0.6 is 15.9 Å². The molecule has 1 N–H and O–H groups in total. The third-order valence-corrected chi connectivity index (χ3v) is 3.08. The molecule has 0 saturated carbocycles. The molecule has 1 unspecified atom stereocenters. The maximum Gasteiger partial charge on any atom is 0.0405 e. The van der Waals surface area contributed by atoms with Crippen LogP contribution in [0, 0.1) is 6.92 Å². The van der Waals surface area contributed by atoms with Crippen molar-refractivity contribution in [1.29, 1.82) is 0 Å². The van der Waals surface area contributed by atoms with Crippen LogP contribution in [0.3, 0.4) is 0 Å². The Labute approximate surface area is 87.7 Å². The lowest BCUT2D eigenvalue weighted by Gasteiger charge is -2.26. The summed E-state index contributed by atoms with van der Waals surface area (Å²) in [5.41, 5.74) is 4.14. The van der Waals surface area contributed by atoms with Gasteiger partial charge in [-0.2, -0.15) is 0 Å². The Balaban J connectivity index is 2.47. The van der Waals surface area contributed by atoms with Gasteiger partial charge in [0.05, 0.1) is 0 Å². The van der Waals surface area contributed by atoms with Crippen molar-refractivity contribution < 1.29 is 0 Å². The fourth-order valence-electron chi connectivity index (χ4n) is 1.91. The van der Waals surface area contributed by atoms with Crippen LogP contribution in [0.2, 0.25) is 0 Å². The molecule has 1 aromatic rings. The van der Waals surface area contributed by atoms with Crippen molar-refractivity contribution in [1.82, 2.24) is 0 Å². The number of anilines is 1. The van der Waals surface area contributed by atoms with Gasteiger partial charge in [-0.1, -0.05) is 15.9 Å². The predicted molar refractivity (Wildman–Crippen MR) is 60.3 cm³/mol. The zero-order valence-electron chi connectivity index (χ0n) is 8.02. The van der Waals surface area contributed by atoms with Gasteiger partial charge < -0.3 is 5.32 Å². The third kappa shape index (κ3) is 1.73. The van der Waals surface area contributed by atoms with E-state index in [0.717, 1.165) is 0 Å². The van der Waals surface area contributed by atoms with Gasteiger partial charge in [0, 0.05) is 16.2 Å². The summed E-state index contributed by atoms with van der Waals surface area (Å²) in [4.78, 5) is 0. The summed E-state index contributed by atoms with van der Waals surface area (Å²) in [7, 11) is 0. The Morgan fingerprint density at radius 1 is 1.46 bits per heavy atom. The quantitative estimate of drug-likeness (QED) is 0.731. The molecule has 0 bridgehead atoms. The zero-order valence-corrected chi connectivity index (χ0v) is 9.61. The SMILES string of the molecule is Cc1cc(Br)cc2c1NC(C)CC2. The predicted octanol–water partition coefficient (Wildman–Crippen LogP) is 3.50. The van der Waals surface area contributed by atoms with Crippen molar-refractivity contribution >= 4 is 21.6 Å². The summed E-state index contributed by atoms with van der Waals surface area (Å²) in [6.07, 6.45) is 2.44. The molecule has 1 heterocycles. The molecule has 1 atom stereocenters. The van der Waals surface area contributed by atoms with Crippen LogP contribution in [0.25, 0.3) is 0 Å². The summed E-state index contributed by atoms with van der Waals surface area (Å²) >= 11 is 3.53. The summed E-state index contributed by atoms with van der Waals surface area (Å²) in [6.45, 7) is 4.40. The summed E-state index contributed by atoms with van der Waals surface area (Å²) in [6, 6.07) is 5.01. The lowest BCUT2D eigenvalue weighted by atomic mass is 9.96. The number of hydrogen-bond acceptors (Lipinski definition) is 1. The van der Waals surface area contributed by atoms with E-state index in [1.807, 2.05) is 0 Å². The highest BCUT2D eigenvalue weighted by Crippen LogP contribution is 2.31. The largest absolute Gasteiger partial charge is 0.382 e. The Bertz CT molecular complexity index is 333. The number of benzene rings is 1. The van der Waals surface area contributed by atoms with E-state index in [1.54, 1.807) is 0 Å². The van der Waals surface area contributed by atoms with Crippen molar-refractivity contribution in [2.24, 2.45) is 0 Å². The molecule has 0 aliphatic carbocycles. The monoisotopic (exact) mass is 239 g/mol. The van der Waals surface area contributed by atoms with Gasteiger partial charge >= 0.3 is 0 Å². The Morgan fingerprint density at radius 3 is 3.00 bits per heavy atom. The minimum Gasteiger partial charge on any atom is -0.382 e. The maximum absolute atomic E-state index is 3.53. The van der Waals surface area contributed by atoms with Gasteiger partial charge in [0.1, 0.15) is 0 Å². The van der Waals surface area contributed by atoms with Crippen molar-refractivity contribution in [3.63, 3.8) is 0 Å². The molecular weight excluding hydrogens is 226 g/mol. The van der Waals surface area contributed by atoms with Gasteiger partial charge in [-0.25, -0.2) is 0 Å². The van der Waals surface area contributed by atoms with Crippen LogP contribution in [-0.2, 0) is 6.42 Å². The summed E-state index contributed by atoms with van der Waals surface area (Å²) in [5, 5.41) is 3.53. The topological polar surface area (TPSA) is 12.0 Å². The molecule has 13 heavy (non-hydrogen) atoms. The van der Waals surface area contributed by atoms with Crippen LogP contribution in [0.5, 0.6) is 0 Å². The van der Waals surface area contributed by atoms with Crippen LogP contribution in [0.15, 0.2) is 16.6 Å². The van der Waals surface area contributed by atoms with Gasteiger partial charge in [-0.05, 0) is 49.9 Å². The number of rotatable bonds is 0. The first kappa shape index (κ1) is 9.07. The lowest BCUT2D eigenvalue weighted by Crippen LogP contribution is -2.22. The molecule has 0 spiro atoms. The first-order chi connectivity index (χ1) is 6.16. The molecule has 0 fully saturated rings. The van der Waals surface area contributed by atoms with Crippen LogP contribution < -0.4 is 5.32 Å². The van der Waals surface area contributed by atoms with Crippen molar-refractivity contribution in [2.45, 2.75) is 32.7 Å². The van der Waals surface area contributed by atoms with E-state index in [1.165, 1.54) is 34.1 Å². The first-order valence-corrected chi connectivity index (χ1v) is 5.51. The van der Waals surface area contributed by atoms with Crippen molar-refractivity contribution in [3.8, 4) is 0 Å². The van der Waals surface area contributed by atoms with E-state index in [2.05, 4.69) is 47.2 Å². The Hall–Kier alpha value is -0.500. The average Bonchev–Trinajstić information content (AvgIpc) is 2.06. The number of nitrogens with one attached hydrogen (secondary N) is 1. The smallest absolute Gasteiger partial charge is 0.0405 e. The second-order valence-corrected chi connectivity index (χ2v) is 4.76. The zero-order chi connectivity index (χ0) is 9.42. The van der Waals surface area contributed by atoms with Gasteiger partial charge in [-0.3, -0.25) is 0 Å². The highest BCUT2D eigenvalue weighted by Gasteiger charge is 2.15. The normalized spacial score (nSPS) is 20.7. The minimum absolute atomic E-state index is 0.618. The maximum atomic E-state index is 3.53. The molecule has 1 nitrogen and oxygen atoms in total. The molecule has 70 valence electrons. The van der Waals surface area contributed by atoms with Crippen molar-refractivity contribution in [2.75, 3.05) is 5.32 Å². The molecule has 1 aliphatic heterocycles. The Kier molecular flexibility index (Phi) is 2.33. The molecule has 0 radical (unpaired) electrons. The van der Waals surface area contributed by atoms with Gasteiger partial charge in [0.2, 0.25) is 0 Å². The van der Waals surface area contributed by atoms with E-state index in [9.17, 15) is 0 Å². The second kappa shape index (κ2) is 3.33. The van der Waals surface area contributed by atoms with Crippen LogP contribution in [0.1, 0.15) is 24.5 Å². The summed E-state index contributed by atoms with van der Waals surface area (Å²) < 4.78 is 1.19. The van der Waals surface area contributed by atoms with Crippen LogP contribution in [-0.4, -0.2) is 6.04 Å². The van der Waals surface area contributed by atoms with Crippen LogP contribution in [0.4, 0.5) is 5.69 Å². The van der Waals surface area contributed by atoms with Crippen molar-refractivity contribution in [3.05, 3.63) is 27.7 Å². The van der Waals surface area contributed by atoms with Gasteiger partial charge in [0.25, 0.3) is 0 Å². The first-order valence-electron chi connectivity index (χ1n) is 4.72. The standard InChI is InChI=1S/C11H14BrN/c1-7-5-10(12)6-9-4-3-8(2)13-11(7)9/h5-6,8,13H,3-4H2,1-2H3. The van der Waals surface area contributed by atoms with E-state index >= 15 is 0 Å². The fourth-order valence-corrected chi connectivity index (χ4v) is 2.53. The Morgan fingerprint density at radius 2 is 2.23 bits per heavy atom. The number of halogens is 1. The van der Waals surface area contributed by atoms with E-state index < -0.39 is 0 Å². The number of hydrogen-bond donors (Lipinski definition) is 1. The van der Waals surface area contributed by atoms with E-state index in [4.69, 9.17) is 0 Å². The lowest BCUT2D eigenvalue weighted by molar-refractivity contribution is 0.679. The van der Waals surface area contributed by atoms with Gasteiger partial charge in [0.15, 0.2) is 0 Å². The van der Waals surface area contributed by atoms with E-state index in [0.29, 0.717) is 6.04 Å². The number of fused-ring (bicyclic) bond motifs is 1. The molecule has 0 amide bonds. The van der Waals surface area contributed by atoms with E-state index in [-0.39, 0.29) is 0 Å². The van der Waals surface area contributed by atoms with Gasteiger partial charge in [-0.15, -0.1) is 0 Å².